The average molecular weight is 330 g/mol. The Hall–Kier alpha value is -2.19. The number of nitrogens with zero attached hydrogens (tertiary/aromatic N) is 4. The van der Waals surface area contributed by atoms with Crippen LogP contribution >= 0.6 is 0 Å². The molecule has 2 aromatic heterocycles. The van der Waals surface area contributed by atoms with E-state index < -0.39 is 0 Å². The molecule has 0 aliphatic carbocycles. The van der Waals surface area contributed by atoms with Crippen LogP contribution in [0, 0.1) is 0 Å². The van der Waals surface area contributed by atoms with Crippen LogP contribution in [0.1, 0.15) is 12.8 Å². The number of aromatic nitrogens is 3. The number of ether oxygens (including phenoxy) is 2. The van der Waals surface area contributed by atoms with Crippen LogP contribution in [0.3, 0.4) is 0 Å². The Bertz CT molecular complexity index is 728. The van der Waals surface area contributed by atoms with E-state index in [1.165, 1.54) is 0 Å². The van der Waals surface area contributed by atoms with Crippen LogP contribution in [0.4, 0.5) is 11.8 Å². The van der Waals surface area contributed by atoms with Crippen molar-refractivity contribution in [3.63, 3.8) is 0 Å². The quantitative estimate of drug-likeness (QED) is 0.853. The molecule has 3 N–H and O–H groups in total. The number of hydrogen-bond acceptors (Lipinski definition) is 8. The van der Waals surface area contributed by atoms with E-state index in [0.717, 1.165) is 25.9 Å². The van der Waals surface area contributed by atoms with Gasteiger partial charge in [-0.25, -0.2) is 4.98 Å². The second-order valence-electron chi connectivity index (χ2n) is 6.47. The second-order valence-corrected chi connectivity index (χ2v) is 6.47. The summed E-state index contributed by atoms with van der Waals surface area (Å²) in [4.78, 5) is 15.6. The number of pyridine rings is 1. The molecule has 2 aromatic rings. The lowest BCUT2D eigenvalue weighted by molar-refractivity contribution is -0.0797. The third-order valence-corrected chi connectivity index (χ3v) is 4.52. The highest BCUT2D eigenvalue weighted by Gasteiger charge is 2.21. The Morgan fingerprint density at radius 1 is 1.29 bits per heavy atom. The van der Waals surface area contributed by atoms with Crippen molar-refractivity contribution in [2.45, 2.75) is 25.0 Å². The van der Waals surface area contributed by atoms with Gasteiger partial charge in [0.2, 0.25) is 5.95 Å². The molecule has 2 fully saturated rings. The molecule has 128 valence electrons. The van der Waals surface area contributed by atoms with Crippen molar-refractivity contribution in [3.8, 4) is 5.75 Å². The van der Waals surface area contributed by atoms with Crippen LogP contribution < -0.4 is 15.8 Å². The molecule has 8 heteroatoms. The number of piperidine rings is 1. The van der Waals surface area contributed by atoms with Crippen LogP contribution in [0.15, 0.2) is 12.3 Å². The van der Waals surface area contributed by atoms with Crippen molar-refractivity contribution in [3.05, 3.63) is 12.3 Å². The number of nitrogen functional groups attached to an aromatic ring is 1. The first-order valence-corrected chi connectivity index (χ1v) is 8.30. The van der Waals surface area contributed by atoms with Crippen LogP contribution in [0.25, 0.3) is 11.0 Å². The summed E-state index contributed by atoms with van der Waals surface area (Å²) >= 11 is 0. The van der Waals surface area contributed by atoms with Crippen LogP contribution in [-0.4, -0.2) is 65.3 Å². The molecule has 0 aromatic carbocycles. The molecule has 0 saturated carbocycles. The maximum atomic E-state index is 6.11. The van der Waals surface area contributed by atoms with Crippen molar-refractivity contribution < 1.29 is 9.47 Å². The predicted molar refractivity (Wildman–Crippen MR) is 91.1 cm³/mol. The number of nitrogens with one attached hydrogen (secondary N) is 1. The van der Waals surface area contributed by atoms with Gasteiger partial charge in [0.1, 0.15) is 17.7 Å². The summed E-state index contributed by atoms with van der Waals surface area (Å²) in [6.07, 6.45) is 3.91. The first-order chi connectivity index (χ1) is 11.7. The second kappa shape index (κ2) is 6.37. The minimum Gasteiger partial charge on any atom is -0.484 e. The van der Waals surface area contributed by atoms with Gasteiger partial charge >= 0.3 is 0 Å². The molecular formula is C16H22N6O2. The third kappa shape index (κ3) is 3.20. The van der Waals surface area contributed by atoms with E-state index in [1.807, 2.05) is 6.07 Å². The number of nitrogens with two attached hydrogens (primary N) is 1. The Morgan fingerprint density at radius 3 is 2.79 bits per heavy atom. The Balaban J connectivity index is 1.52. The van der Waals surface area contributed by atoms with Gasteiger partial charge in [0, 0.05) is 6.04 Å². The normalized spacial score (nSPS) is 20.0. The topological polar surface area (TPSA) is 98.4 Å². The van der Waals surface area contributed by atoms with Crippen molar-refractivity contribution >= 4 is 22.8 Å². The van der Waals surface area contributed by atoms with Gasteiger partial charge in [0.15, 0.2) is 5.65 Å². The summed E-state index contributed by atoms with van der Waals surface area (Å²) in [5.74, 6) is 1.63. The van der Waals surface area contributed by atoms with Gasteiger partial charge in [0.25, 0.3) is 0 Å². The first kappa shape index (κ1) is 15.3. The highest BCUT2D eigenvalue weighted by atomic mass is 16.6. The minimum absolute atomic E-state index is 0.0942. The number of fused-ring (bicyclic) bond motifs is 1. The molecule has 24 heavy (non-hydrogen) atoms. The van der Waals surface area contributed by atoms with Gasteiger partial charge in [-0.3, -0.25) is 0 Å². The van der Waals surface area contributed by atoms with Crippen LogP contribution in [0.5, 0.6) is 5.75 Å². The zero-order valence-electron chi connectivity index (χ0n) is 13.7. The maximum absolute atomic E-state index is 6.11. The molecule has 0 bridgehead atoms. The molecule has 4 heterocycles. The van der Waals surface area contributed by atoms with E-state index >= 15 is 0 Å². The number of anilines is 2. The average Bonchev–Trinajstić information content (AvgIpc) is 2.54. The summed E-state index contributed by atoms with van der Waals surface area (Å²) in [6.45, 7) is 3.38. The van der Waals surface area contributed by atoms with Gasteiger partial charge in [0.05, 0.1) is 24.8 Å². The van der Waals surface area contributed by atoms with E-state index in [1.54, 1.807) is 6.20 Å². The van der Waals surface area contributed by atoms with Crippen molar-refractivity contribution in [1.82, 2.24) is 19.9 Å². The smallest absolute Gasteiger partial charge is 0.226 e. The van der Waals surface area contributed by atoms with E-state index in [0.29, 0.717) is 47.8 Å². The zero-order chi connectivity index (χ0) is 16.5. The summed E-state index contributed by atoms with van der Waals surface area (Å²) in [6, 6.07) is 2.22. The molecule has 0 unspecified atom stereocenters. The summed E-state index contributed by atoms with van der Waals surface area (Å²) in [7, 11) is 2.14. The SMILES string of the molecule is CN1CCC(Nc2nc(N)c3cc(OC4COC4)cnc3n2)CC1. The van der Waals surface area contributed by atoms with E-state index in [4.69, 9.17) is 15.2 Å². The van der Waals surface area contributed by atoms with E-state index in [-0.39, 0.29) is 6.10 Å². The lowest BCUT2D eigenvalue weighted by atomic mass is 10.1. The van der Waals surface area contributed by atoms with Crippen LogP contribution in [0.2, 0.25) is 0 Å². The summed E-state index contributed by atoms with van der Waals surface area (Å²) < 4.78 is 10.9. The van der Waals surface area contributed by atoms with Crippen LogP contribution in [-0.2, 0) is 4.74 Å². The largest absolute Gasteiger partial charge is 0.484 e. The zero-order valence-corrected chi connectivity index (χ0v) is 13.7. The van der Waals surface area contributed by atoms with E-state index in [9.17, 15) is 0 Å². The molecule has 0 spiro atoms. The first-order valence-electron chi connectivity index (χ1n) is 8.30. The Kier molecular flexibility index (Phi) is 4.07. The van der Waals surface area contributed by atoms with E-state index in [2.05, 4.69) is 32.2 Å². The predicted octanol–water partition coefficient (Wildman–Crippen LogP) is 0.891. The van der Waals surface area contributed by atoms with Crippen molar-refractivity contribution in [2.24, 2.45) is 0 Å². The molecular weight excluding hydrogens is 308 g/mol. The third-order valence-electron chi connectivity index (χ3n) is 4.52. The standard InChI is InChI=1S/C16H22N6O2/c1-22-4-2-10(3-5-22)19-16-20-14(17)13-6-11(7-18-15(13)21-16)24-12-8-23-9-12/h6-7,10,12H,2-5,8-9H2,1H3,(H3,17,18,19,20,21). The molecule has 4 rings (SSSR count). The summed E-state index contributed by atoms with van der Waals surface area (Å²) in [5, 5.41) is 4.09. The number of hydrogen-bond donors (Lipinski definition) is 2. The molecule has 2 aliphatic heterocycles. The van der Waals surface area contributed by atoms with Gasteiger partial charge in [-0.1, -0.05) is 0 Å². The fourth-order valence-electron chi connectivity index (χ4n) is 2.95. The fraction of sp³-hybridized carbons (Fsp3) is 0.562. The molecule has 2 saturated heterocycles. The van der Waals surface area contributed by atoms with Gasteiger partial charge < -0.3 is 25.4 Å². The van der Waals surface area contributed by atoms with Gasteiger partial charge in [-0.05, 0) is 39.0 Å². The number of rotatable bonds is 4. The molecule has 0 radical (unpaired) electrons. The molecule has 0 amide bonds. The monoisotopic (exact) mass is 330 g/mol. The van der Waals surface area contributed by atoms with Crippen molar-refractivity contribution in [1.29, 1.82) is 0 Å². The lowest BCUT2D eigenvalue weighted by Crippen LogP contribution is -2.38. The molecule has 0 atom stereocenters. The highest BCUT2D eigenvalue weighted by Crippen LogP contribution is 2.25. The molecule has 2 aliphatic rings. The maximum Gasteiger partial charge on any atom is 0.226 e. The Labute approximate surface area is 140 Å². The fourth-order valence-corrected chi connectivity index (χ4v) is 2.95. The summed E-state index contributed by atoms with van der Waals surface area (Å²) in [5.41, 5.74) is 6.69. The van der Waals surface area contributed by atoms with Gasteiger partial charge in [-0.15, -0.1) is 0 Å². The molecule has 8 nitrogen and oxygen atoms in total. The highest BCUT2D eigenvalue weighted by molar-refractivity contribution is 5.87. The minimum atomic E-state index is 0.0942. The van der Waals surface area contributed by atoms with Gasteiger partial charge in [-0.2, -0.15) is 9.97 Å². The lowest BCUT2D eigenvalue weighted by Gasteiger charge is -2.29. The Morgan fingerprint density at radius 2 is 2.08 bits per heavy atom. The van der Waals surface area contributed by atoms with Crippen molar-refractivity contribution in [2.75, 3.05) is 44.4 Å². The number of likely N-dealkylation sites (tertiary alicyclic amines) is 1.